The molecule has 5 aliphatic carbocycles. The van der Waals surface area contributed by atoms with Gasteiger partial charge in [0.15, 0.2) is 33.0 Å². The zero-order valence-electron chi connectivity index (χ0n) is 49.8. The van der Waals surface area contributed by atoms with E-state index in [0.29, 0.717) is 36.7 Å². The standard InChI is InChI=1S/C62H106O10SSi/c1-19-45-38(7)39(8)52(72-74(20-2,21-3)22-4)55(67-45)71-53-51(70-54-40(9)37(6)36(5)33-66-54)41(10)50(42(11)64)69-56(53)68-48-26-27-58(14)46(59(48,15)34-63)25-28-60(16)47(58)24-23-43-44-31-57(12,13)29-30-62(44,35-73)49(65-18)32-61(43,60)17/h23,34,36-41,44-56,73H,19-22,24-33,35H2,1-18H3/t36-,37-,38+,39+,40?,41-,44?,45?,46-,47?,48+,49?,50?,51+,52?,53?,54+,55+,56-,58?,59-,60+,61-,62-/m1/s1. The van der Waals surface area contributed by atoms with Gasteiger partial charge in [-0.3, -0.25) is 4.79 Å². The Hall–Kier alpha value is -0.673. The third-order valence-electron chi connectivity index (χ3n) is 24.4. The first-order chi connectivity index (χ1) is 34.8. The van der Waals surface area contributed by atoms with Gasteiger partial charge in [0.1, 0.15) is 18.5 Å². The Morgan fingerprint density at radius 1 is 0.743 bits per heavy atom. The molecule has 0 aromatic rings. The highest BCUT2D eigenvalue weighted by atomic mass is 32.1. The molecule has 0 spiro atoms. The van der Waals surface area contributed by atoms with E-state index in [1.807, 2.05) is 14.0 Å². The summed E-state index contributed by atoms with van der Waals surface area (Å²) in [6, 6.07) is 3.01. The molecule has 424 valence electrons. The second-order valence-electron chi connectivity index (χ2n) is 28.2. The molecule has 12 heteroatoms. The number of carbonyl (C=O) groups excluding carboxylic acids is 2. The van der Waals surface area contributed by atoms with Gasteiger partial charge in [0.05, 0.1) is 42.5 Å². The zero-order valence-corrected chi connectivity index (χ0v) is 51.7. The van der Waals surface area contributed by atoms with Crippen LogP contribution in [0.2, 0.25) is 18.1 Å². The minimum atomic E-state index is -2.16. The lowest BCUT2D eigenvalue weighted by molar-refractivity contribution is -0.376. The summed E-state index contributed by atoms with van der Waals surface area (Å²) in [5.74, 6) is 2.46. The number of thiol groups is 1. The molecule has 24 atom stereocenters. The number of ether oxygens (including phenoxy) is 7. The Labute approximate surface area is 456 Å². The molecule has 4 saturated carbocycles. The van der Waals surface area contributed by atoms with E-state index in [0.717, 1.165) is 68.8 Å². The molecular formula is C62H106O10SSi. The number of aldehydes is 1. The maximum atomic E-state index is 14.4. The van der Waals surface area contributed by atoms with Crippen LogP contribution in [0.1, 0.15) is 182 Å². The summed E-state index contributed by atoms with van der Waals surface area (Å²) in [5.41, 5.74) is 0.948. The van der Waals surface area contributed by atoms with Crippen LogP contribution in [0.25, 0.3) is 0 Å². The first-order valence-corrected chi connectivity index (χ1v) is 33.3. The summed E-state index contributed by atoms with van der Waals surface area (Å²) in [5, 5.41) is 0. The van der Waals surface area contributed by atoms with Gasteiger partial charge in [0.25, 0.3) is 0 Å². The van der Waals surface area contributed by atoms with E-state index >= 15 is 0 Å². The third-order valence-corrected chi connectivity index (χ3v) is 29.6. The second-order valence-corrected chi connectivity index (χ2v) is 33.2. The molecule has 0 radical (unpaired) electrons. The number of fused-ring (bicyclic) bond motifs is 7. The normalized spacial score (nSPS) is 50.4. The lowest BCUT2D eigenvalue weighted by atomic mass is 9.33. The maximum absolute atomic E-state index is 14.4. The van der Waals surface area contributed by atoms with Crippen LogP contribution in [0, 0.1) is 85.8 Å². The molecule has 3 heterocycles. The van der Waals surface area contributed by atoms with Gasteiger partial charge in [-0.05, 0) is 158 Å². The van der Waals surface area contributed by atoms with Crippen molar-refractivity contribution < 1.29 is 47.2 Å². The Morgan fingerprint density at radius 3 is 2.01 bits per heavy atom. The second kappa shape index (κ2) is 22.0. The first kappa shape index (κ1) is 59.4. The number of hydrogen-bond acceptors (Lipinski definition) is 11. The van der Waals surface area contributed by atoms with Crippen molar-refractivity contribution in [2.24, 2.45) is 85.8 Å². The number of rotatable bonds is 16. The van der Waals surface area contributed by atoms with Crippen LogP contribution in [-0.2, 0) is 47.2 Å². The van der Waals surface area contributed by atoms with Crippen LogP contribution in [-0.4, -0.2) is 101 Å². The average molecular weight is 1070 g/mol. The summed E-state index contributed by atoms with van der Waals surface area (Å²) < 4.78 is 57.1. The van der Waals surface area contributed by atoms with Crippen LogP contribution >= 0.6 is 12.6 Å². The molecule has 3 aliphatic heterocycles. The highest BCUT2D eigenvalue weighted by Crippen LogP contribution is 2.76. The van der Waals surface area contributed by atoms with Crippen LogP contribution in [0.5, 0.6) is 0 Å². The number of ketones is 1. The van der Waals surface area contributed by atoms with E-state index in [-0.39, 0.29) is 74.8 Å². The lowest BCUT2D eigenvalue weighted by Gasteiger charge is -2.72. The van der Waals surface area contributed by atoms with Gasteiger partial charge in [-0.1, -0.05) is 122 Å². The Bertz CT molecular complexity index is 2010. The Kier molecular flexibility index (Phi) is 17.7. The largest absolute Gasteiger partial charge is 0.408 e. The van der Waals surface area contributed by atoms with Crippen molar-refractivity contribution in [3.05, 3.63) is 11.6 Å². The summed E-state index contributed by atoms with van der Waals surface area (Å²) in [6.07, 6.45) is 8.53. The van der Waals surface area contributed by atoms with E-state index in [2.05, 4.69) is 110 Å². The van der Waals surface area contributed by atoms with Crippen molar-refractivity contribution in [2.45, 2.75) is 262 Å². The van der Waals surface area contributed by atoms with Gasteiger partial charge in [-0.2, -0.15) is 12.6 Å². The topological polar surface area (TPSA) is 108 Å². The molecule has 0 amide bonds. The van der Waals surface area contributed by atoms with E-state index < -0.39 is 62.9 Å². The Balaban J connectivity index is 1.16. The van der Waals surface area contributed by atoms with E-state index in [9.17, 15) is 9.59 Å². The highest BCUT2D eigenvalue weighted by Gasteiger charge is 2.71. The number of carbonyl (C=O) groups is 2. The van der Waals surface area contributed by atoms with Crippen molar-refractivity contribution in [1.82, 2.24) is 0 Å². The maximum Gasteiger partial charge on any atom is 0.192 e. The SMILES string of the molecule is CCC1O[C@@H](OC2[C@H](O[C@H]3CCC4(C)C5CC=C6C7CC(C)(C)CC[C@]7(CS)C(OC)C[C@@]6(C)[C@@]5(C)CC[C@H]4[C@@]3(C)C=O)OC(C(C)=O)[C@@H](C)[C@@H]2O[C@@H]2OC[C@@H](C)[C@@H](C)C2C)C(O[Si](CC)(CC)CC)[C@@H](C)[C@@H]1C. The molecule has 10 nitrogen and oxygen atoms in total. The van der Waals surface area contributed by atoms with Gasteiger partial charge in [-0.25, -0.2) is 0 Å². The predicted octanol–water partition coefficient (Wildman–Crippen LogP) is 13.7. The molecule has 9 unspecified atom stereocenters. The number of methoxy groups -OCH3 is 1. The molecule has 7 fully saturated rings. The van der Waals surface area contributed by atoms with Crippen molar-refractivity contribution in [3.63, 3.8) is 0 Å². The van der Waals surface area contributed by atoms with Crippen LogP contribution < -0.4 is 0 Å². The minimum absolute atomic E-state index is 0.00670. The summed E-state index contributed by atoms with van der Waals surface area (Å²) in [7, 11) is -0.212. The summed E-state index contributed by atoms with van der Waals surface area (Å²) in [6.45, 7) is 39.4. The summed E-state index contributed by atoms with van der Waals surface area (Å²) >= 11 is 5.14. The first-order valence-electron chi connectivity index (χ1n) is 30.2. The Morgan fingerprint density at radius 2 is 1.41 bits per heavy atom. The number of Topliss-reactive ketones (excluding diaryl/α,β-unsaturated/α-hetero) is 1. The highest BCUT2D eigenvalue weighted by molar-refractivity contribution is 7.80. The van der Waals surface area contributed by atoms with E-state index in [1.165, 1.54) is 19.1 Å². The molecule has 8 rings (SSSR count). The van der Waals surface area contributed by atoms with Crippen molar-refractivity contribution in [3.8, 4) is 0 Å². The van der Waals surface area contributed by atoms with Crippen LogP contribution in [0.15, 0.2) is 11.6 Å². The molecule has 0 aromatic heterocycles. The minimum Gasteiger partial charge on any atom is -0.408 e. The van der Waals surface area contributed by atoms with Crippen molar-refractivity contribution in [1.29, 1.82) is 0 Å². The lowest BCUT2D eigenvalue weighted by Crippen LogP contribution is -2.68. The van der Waals surface area contributed by atoms with Crippen molar-refractivity contribution >= 4 is 33.0 Å². The monoisotopic (exact) mass is 1070 g/mol. The van der Waals surface area contributed by atoms with Gasteiger partial charge in [-0.15, -0.1) is 0 Å². The molecular weight excluding hydrogens is 965 g/mol. The quantitative estimate of drug-likeness (QED) is 0.0528. The molecule has 0 N–H and O–H groups in total. The zero-order chi connectivity index (χ0) is 54.3. The molecule has 74 heavy (non-hydrogen) atoms. The fraction of sp³-hybridized carbons (Fsp3) is 0.935. The summed E-state index contributed by atoms with van der Waals surface area (Å²) in [4.78, 5) is 28.2. The number of hydrogen-bond donors (Lipinski definition) is 1. The molecule has 0 aromatic carbocycles. The van der Waals surface area contributed by atoms with E-state index in [4.69, 9.17) is 50.2 Å². The van der Waals surface area contributed by atoms with Gasteiger partial charge in [0.2, 0.25) is 0 Å². The molecule has 3 saturated heterocycles. The van der Waals surface area contributed by atoms with Crippen molar-refractivity contribution in [2.75, 3.05) is 19.5 Å². The fourth-order valence-corrected chi connectivity index (χ4v) is 21.7. The van der Waals surface area contributed by atoms with Crippen LogP contribution in [0.4, 0.5) is 0 Å². The van der Waals surface area contributed by atoms with Crippen LogP contribution in [0.3, 0.4) is 0 Å². The smallest absolute Gasteiger partial charge is 0.192 e. The average Bonchev–Trinajstić information content (AvgIpc) is 3.37. The third kappa shape index (κ3) is 9.64. The number of allylic oxidation sites excluding steroid dienone is 2. The molecule has 0 bridgehead atoms. The van der Waals surface area contributed by atoms with Gasteiger partial charge < -0.3 is 42.4 Å². The fourth-order valence-electron chi connectivity index (χ4n) is 18.2. The predicted molar refractivity (Wildman–Crippen MR) is 299 cm³/mol. The van der Waals surface area contributed by atoms with Gasteiger partial charge >= 0.3 is 0 Å². The van der Waals surface area contributed by atoms with E-state index in [1.54, 1.807) is 12.5 Å². The molecule has 8 aliphatic rings. The van der Waals surface area contributed by atoms with Gasteiger partial charge in [0, 0.05) is 24.4 Å².